The van der Waals surface area contributed by atoms with E-state index in [0.29, 0.717) is 6.29 Å². The molecule has 0 radical (unpaired) electrons. The largest absolute Gasteiger partial charge is 0.481 e. The standard InChI is InChI=1S/C9H7FO3/c10-8-2-1-6(5-11)3-7(8)4-9(12)13/h1-3,5H,4H2,(H,12,13). The molecule has 0 atom stereocenters. The van der Waals surface area contributed by atoms with E-state index in [9.17, 15) is 14.0 Å². The van der Waals surface area contributed by atoms with Gasteiger partial charge in [0, 0.05) is 5.56 Å². The number of benzene rings is 1. The highest BCUT2D eigenvalue weighted by Crippen LogP contribution is 2.09. The number of carboxylic acids is 1. The van der Waals surface area contributed by atoms with Crippen molar-refractivity contribution in [2.45, 2.75) is 6.42 Å². The molecule has 0 saturated carbocycles. The Morgan fingerprint density at radius 2 is 2.23 bits per heavy atom. The topological polar surface area (TPSA) is 54.4 Å². The van der Waals surface area contributed by atoms with Crippen LogP contribution < -0.4 is 0 Å². The minimum absolute atomic E-state index is 0.0251. The van der Waals surface area contributed by atoms with Crippen molar-refractivity contribution in [3.63, 3.8) is 0 Å². The van der Waals surface area contributed by atoms with Crippen LogP contribution in [0, 0.1) is 5.82 Å². The summed E-state index contributed by atoms with van der Waals surface area (Å²) in [6.07, 6.45) is 0.137. The molecule has 4 heteroatoms. The van der Waals surface area contributed by atoms with Gasteiger partial charge in [-0.3, -0.25) is 9.59 Å². The third-order valence-electron chi connectivity index (χ3n) is 1.55. The molecule has 0 spiro atoms. The molecule has 0 saturated heterocycles. The fraction of sp³-hybridized carbons (Fsp3) is 0.111. The highest BCUT2D eigenvalue weighted by molar-refractivity contribution is 5.76. The number of hydrogen-bond acceptors (Lipinski definition) is 2. The number of hydrogen-bond donors (Lipinski definition) is 1. The van der Waals surface area contributed by atoms with Gasteiger partial charge in [-0.1, -0.05) is 0 Å². The minimum atomic E-state index is -1.12. The maximum absolute atomic E-state index is 12.9. The molecule has 1 N–H and O–H groups in total. The zero-order chi connectivity index (χ0) is 9.84. The molecule has 13 heavy (non-hydrogen) atoms. The Morgan fingerprint density at radius 1 is 1.54 bits per heavy atom. The van der Waals surface area contributed by atoms with Gasteiger partial charge in [0.05, 0.1) is 6.42 Å². The second-order valence-electron chi connectivity index (χ2n) is 2.54. The summed E-state index contributed by atoms with van der Waals surface area (Å²) >= 11 is 0. The predicted molar refractivity (Wildman–Crippen MR) is 43.1 cm³/mol. The Hall–Kier alpha value is -1.71. The van der Waals surface area contributed by atoms with E-state index in [2.05, 4.69) is 0 Å². The van der Waals surface area contributed by atoms with Gasteiger partial charge in [-0.05, 0) is 23.8 Å². The van der Waals surface area contributed by atoms with Crippen LogP contribution in [0.5, 0.6) is 0 Å². The molecule has 0 aromatic heterocycles. The second-order valence-corrected chi connectivity index (χ2v) is 2.54. The molecule has 3 nitrogen and oxygen atoms in total. The first kappa shape index (κ1) is 9.38. The fourth-order valence-corrected chi connectivity index (χ4v) is 0.966. The van der Waals surface area contributed by atoms with Gasteiger partial charge in [0.25, 0.3) is 0 Å². The van der Waals surface area contributed by atoms with E-state index >= 15 is 0 Å². The van der Waals surface area contributed by atoms with Crippen LogP contribution in [0.4, 0.5) is 4.39 Å². The van der Waals surface area contributed by atoms with E-state index in [1.54, 1.807) is 0 Å². The van der Waals surface area contributed by atoms with Crippen LogP contribution in [-0.2, 0) is 11.2 Å². The third-order valence-corrected chi connectivity index (χ3v) is 1.55. The molecule has 1 aromatic rings. The SMILES string of the molecule is O=Cc1ccc(F)c(CC(=O)O)c1. The summed E-state index contributed by atoms with van der Waals surface area (Å²) in [5.41, 5.74) is 0.301. The zero-order valence-electron chi connectivity index (χ0n) is 6.66. The van der Waals surface area contributed by atoms with Gasteiger partial charge in [-0.15, -0.1) is 0 Å². The molecule has 0 aliphatic rings. The molecule has 0 aliphatic heterocycles. The van der Waals surface area contributed by atoms with E-state index < -0.39 is 18.2 Å². The van der Waals surface area contributed by atoms with Crippen molar-refractivity contribution in [3.8, 4) is 0 Å². The lowest BCUT2D eigenvalue weighted by molar-refractivity contribution is -0.136. The maximum Gasteiger partial charge on any atom is 0.307 e. The molecule has 0 unspecified atom stereocenters. The van der Waals surface area contributed by atoms with Gasteiger partial charge in [0.2, 0.25) is 0 Å². The van der Waals surface area contributed by atoms with Crippen LogP contribution in [0.15, 0.2) is 18.2 Å². The van der Waals surface area contributed by atoms with Crippen LogP contribution in [-0.4, -0.2) is 17.4 Å². The van der Waals surface area contributed by atoms with Crippen LogP contribution in [0.1, 0.15) is 15.9 Å². The Bertz CT molecular complexity index is 347. The Labute approximate surface area is 73.8 Å². The average Bonchev–Trinajstić information content (AvgIpc) is 2.08. The molecular formula is C9H7FO3. The summed E-state index contributed by atoms with van der Waals surface area (Å²) in [5.74, 6) is -1.73. The number of aliphatic carboxylic acids is 1. The van der Waals surface area contributed by atoms with E-state index in [1.165, 1.54) is 12.1 Å². The second kappa shape index (κ2) is 3.80. The molecule has 0 amide bonds. The Morgan fingerprint density at radius 3 is 2.77 bits per heavy atom. The van der Waals surface area contributed by atoms with Crippen molar-refractivity contribution < 1.29 is 19.1 Å². The van der Waals surface area contributed by atoms with Gasteiger partial charge in [-0.2, -0.15) is 0 Å². The van der Waals surface area contributed by atoms with Crippen molar-refractivity contribution in [1.82, 2.24) is 0 Å². The Balaban J connectivity index is 3.03. The van der Waals surface area contributed by atoms with Gasteiger partial charge >= 0.3 is 5.97 Å². The molecular weight excluding hydrogens is 175 g/mol. The van der Waals surface area contributed by atoms with E-state index in [4.69, 9.17) is 5.11 Å². The molecule has 1 aromatic carbocycles. The monoisotopic (exact) mass is 182 g/mol. The number of aldehydes is 1. The first-order valence-corrected chi connectivity index (χ1v) is 3.59. The molecule has 0 heterocycles. The lowest BCUT2D eigenvalue weighted by Gasteiger charge is -1.99. The summed E-state index contributed by atoms with van der Waals surface area (Å²) in [6, 6.07) is 3.62. The lowest BCUT2D eigenvalue weighted by Crippen LogP contribution is -2.03. The fourth-order valence-electron chi connectivity index (χ4n) is 0.966. The lowest BCUT2D eigenvalue weighted by atomic mass is 10.1. The highest BCUT2D eigenvalue weighted by Gasteiger charge is 2.07. The summed E-state index contributed by atoms with van der Waals surface area (Å²) in [4.78, 5) is 20.6. The number of carbonyl (C=O) groups is 2. The smallest absolute Gasteiger partial charge is 0.307 e. The predicted octanol–water partition coefficient (Wildman–Crippen LogP) is 1.27. The number of carbonyl (C=O) groups excluding carboxylic acids is 1. The summed E-state index contributed by atoms with van der Waals surface area (Å²) in [6.45, 7) is 0. The van der Waals surface area contributed by atoms with Crippen molar-refractivity contribution >= 4 is 12.3 Å². The first-order valence-electron chi connectivity index (χ1n) is 3.59. The highest BCUT2D eigenvalue weighted by atomic mass is 19.1. The van der Waals surface area contributed by atoms with Gasteiger partial charge in [0.1, 0.15) is 12.1 Å². The van der Waals surface area contributed by atoms with Gasteiger partial charge < -0.3 is 5.11 Å². The molecule has 68 valence electrons. The summed E-state index contributed by atoms with van der Waals surface area (Å²) in [7, 11) is 0. The average molecular weight is 182 g/mol. The van der Waals surface area contributed by atoms with E-state index in [-0.39, 0.29) is 11.1 Å². The van der Waals surface area contributed by atoms with Gasteiger partial charge in [-0.25, -0.2) is 4.39 Å². The summed E-state index contributed by atoms with van der Waals surface area (Å²) in [5, 5.41) is 8.40. The van der Waals surface area contributed by atoms with E-state index in [0.717, 1.165) is 6.07 Å². The molecule has 0 bridgehead atoms. The van der Waals surface area contributed by atoms with Crippen LogP contribution in [0.25, 0.3) is 0 Å². The third kappa shape index (κ3) is 2.37. The minimum Gasteiger partial charge on any atom is -0.481 e. The van der Waals surface area contributed by atoms with Crippen LogP contribution >= 0.6 is 0 Å². The number of rotatable bonds is 3. The Kier molecular flexibility index (Phi) is 2.74. The van der Waals surface area contributed by atoms with Crippen LogP contribution in [0.3, 0.4) is 0 Å². The molecule has 0 aliphatic carbocycles. The van der Waals surface area contributed by atoms with Crippen molar-refractivity contribution in [3.05, 3.63) is 35.1 Å². The van der Waals surface area contributed by atoms with Crippen LogP contribution in [0.2, 0.25) is 0 Å². The molecule has 1 rings (SSSR count). The summed E-state index contributed by atoms with van der Waals surface area (Å²) < 4.78 is 12.9. The normalized spacial score (nSPS) is 9.62. The first-order chi connectivity index (χ1) is 6.13. The van der Waals surface area contributed by atoms with Crippen molar-refractivity contribution in [2.24, 2.45) is 0 Å². The molecule has 0 fully saturated rings. The van der Waals surface area contributed by atoms with Crippen molar-refractivity contribution in [2.75, 3.05) is 0 Å². The number of halogens is 1. The number of carboxylic acid groups (broad SMARTS) is 1. The zero-order valence-corrected chi connectivity index (χ0v) is 6.66. The van der Waals surface area contributed by atoms with Gasteiger partial charge in [0.15, 0.2) is 0 Å². The maximum atomic E-state index is 12.9. The van der Waals surface area contributed by atoms with E-state index in [1.807, 2.05) is 0 Å². The van der Waals surface area contributed by atoms with Crippen molar-refractivity contribution in [1.29, 1.82) is 0 Å². The quantitative estimate of drug-likeness (QED) is 0.716.